The number of hydrogen-bond acceptors (Lipinski definition) is 2. The van der Waals surface area contributed by atoms with Crippen LogP contribution in [0.3, 0.4) is 0 Å². The minimum Gasteiger partial charge on any atom is -0.351 e. The molecule has 3 N–H and O–H groups in total. The maximum Gasteiger partial charge on any atom is 0.314 e. The van der Waals surface area contributed by atoms with Crippen LogP contribution in [-0.2, 0) is 0 Å². The molecule has 0 aliphatic carbocycles. The van der Waals surface area contributed by atoms with Crippen LogP contribution in [0.1, 0.15) is 25.7 Å². The Balaban J connectivity index is 2.05. The van der Waals surface area contributed by atoms with E-state index in [1.54, 1.807) is 11.9 Å². The molecular weight excluding hydrogens is 178 g/mol. The lowest BCUT2D eigenvalue weighted by Crippen LogP contribution is -2.34. The first-order valence-corrected chi connectivity index (χ1v) is 5.41. The highest BCUT2D eigenvalue weighted by Gasteiger charge is 2.12. The van der Waals surface area contributed by atoms with Gasteiger partial charge in [0.25, 0.3) is 0 Å². The summed E-state index contributed by atoms with van der Waals surface area (Å²) in [4.78, 5) is 12.3. The molecule has 1 saturated heterocycles. The van der Waals surface area contributed by atoms with Crippen molar-refractivity contribution in [1.82, 2.24) is 10.2 Å². The molecule has 2 amide bonds. The van der Waals surface area contributed by atoms with E-state index in [-0.39, 0.29) is 6.03 Å². The summed E-state index contributed by atoms with van der Waals surface area (Å²) in [5, 5.41) is 3.39. The minimum atomic E-state index is -0.327. The molecule has 4 heteroatoms. The summed E-state index contributed by atoms with van der Waals surface area (Å²) < 4.78 is 0. The fourth-order valence-corrected chi connectivity index (χ4v) is 1.90. The number of nitrogens with zero attached hydrogens (tertiary/aromatic N) is 1. The first kappa shape index (κ1) is 11.3. The van der Waals surface area contributed by atoms with Crippen LogP contribution in [0.4, 0.5) is 4.79 Å². The third kappa shape index (κ3) is 3.96. The largest absolute Gasteiger partial charge is 0.351 e. The Bertz CT molecular complexity index is 178. The number of carbonyl (C=O) groups is 1. The maximum absolute atomic E-state index is 10.7. The van der Waals surface area contributed by atoms with Crippen molar-refractivity contribution in [1.29, 1.82) is 0 Å². The molecule has 1 atom stereocenters. The van der Waals surface area contributed by atoms with Gasteiger partial charge in [-0.2, -0.15) is 0 Å². The van der Waals surface area contributed by atoms with E-state index in [4.69, 9.17) is 5.73 Å². The van der Waals surface area contributed by atoms with Gasteiger partial charge in [0.05, 0.1) is 0 Å². The summed E-state index contributed by atoms with van der Waals surface area (Å²) in [5.41, 5.74) is 5.13. The Labute approximate surface area is 85.8 Å². The van der Waals surface area contributed by atoms with Crippen molar-refractivity contribution in [3.63, 3.8) is 0 Å². The summed E-state index contributed by atoms with van der Waals surface area (Å²) in [5.74, 6) is 0.796. The van der Waals surface area contributed by atoms with E-state index in [0.717, 1.165) is 32.0 Å². The molecule has 0 aromatic carbocycles. The summed E-state index contributed by atoms with van der Waals surface area (Å²) in [7, 11) is 1.75. The Kier molecular flexibility index (Phi) is 4.73. The molecule has 0 saturated carbocycles. The van der Waals surface area contributed by atoms with Gasteiger partial charge in [-0.1, -0.05) is 0 Å². The van der Waals surface area contributed by atoms with Crippen molar-refractivity contribution in [2.75, 3.05) is 26.7 Å². The van der Waals surface area contributed by atoms with E-state index in [9.17, 15) is 4.79 Å². The predicted octanol–water partition coefficient (Wildman–Crippen LogP) is 0.777. The Morgan fingerprint density at radius 1 is 1.64 bits per heavy atom. The van der Waals surface area contributed by atoms with Gasteiger partial charge in [0.1, 0.15) is 0 Å². The van der Waals surface area contributed by atoms with E-state index < -0.39 is 0 Å². The zero-order valence-electron chi connectivity index (χ0n) is 8.96. The van der Waals surface area contributed by atoms with E-state index in [1.165, 1.54) is 19.3 Å². The van der Waals surface area contributed by atoms with Crippen LogP contribution in [0.5, 0.6) is 0 Å². The zero-order chi connectivity index (χ0) is 10.4. The highest BCUT2D eigenvalue weighted by atomic mass is 16.2. The third-order valence-corrected chi connectivity index (χ3v) is 2.88. The monoisotopic (exact) mass is 199 g/mol. The molecule has 82 valence electrons. The lowest BCUT2D eigenvalue weighted by Gasteiger charge is -2.23. The average Bonchev–Trinajstić information content (AvgIpc) is 2.19. The van der Waals surface area contributed by atoms with Crippen molar-refractivity contribution in [3.8, 4) is 0 Å². The molecule has 14 heavy (non-hydrogen) atoms. The van der Waals surface area contributed by atoms with Gasteiger partial charge in [-0.15, -0.1) is 0 Å². The highest BCUT2D eigenvalue weighted by molar-refractivity contribution is 5.71. The number of carbonyl (C=O) groups excluding carboxylic acids is 1. The molecule has 0 radical (unpaired) electrons. The Morgan fingerprint density at radius 2 is 2.43 bits per heavy atom. The molecule has 0 spiro atoms. The highest BCUT2D eigenvalue weighted by Crippen LogP contribution is 2.15. The molecule has 1 fully saturated rings. The van der Waals surface area contributed by atoms with Gasteiger partial charge in [0.2, 0.25) is 0 Å². The molecule has 1 rings (SSSR count). The Hall–Kier alpha value is -0.770. The lowest BCUT2D eigenvalue weighted by atomic mass is 9.95. The van der Waals surface area contributed by atoms with Crippen LogP contribution in [0.2, 0.25) is 0 Å². The summed E-state index contributed by atoms with van der Waals surface area (Å²) in [6.45, 7) is 3.09. The van der Waals surface area contributed by atoms with Crippen LogP contribution in [0.15, 0.2) is 0 Å². The SMILES string of the molecule is CN(CCCC1CCCNC1)C(N)=O. The zero-order valence-corrected chi connectivity index (χ0v) is 8.96. The van der Waals surface area contributed by atoms with Gasteiger partial charge in [0.15, 0.2) is 0 Å². The van der Waals surface area contributed by atoms with Crippen LogP contribution >= 0.6 is 0 Å². The molecule has 0 bridgehead atoms. The van der Waals surface area contributed by atoms with Crippen LogP contribution in [0, 0.1) is 5.92 Å². The molecule has 0 aromatic heterocycles. The van der Waals surface area contributed by atoms with Crippen molar-refractivity contribution in [2.24, 2.45) is 11.7 Å². The number of piperidine rings is 1. The second-order valence-electron chi connectivity index (χ2n) is 4.11. The van der Waals surface area contributed by atoms with Gasteiger partial charge >= 0.3 is 6.03 Å². The standard InChI is InChI=1S/C10H21N3O/c1-13(10(11)14)7-3-5-9-4-2-6-12-8-9/h9,12H,2-8H2,1H3,(H2,11,14). The van der Waals surface area contributed by atoms with Gasteiger partial charge in [0, 0.05) is 13.6 Å². The van der Waals surface area contributed by atoms with Gasteiger partial charge in [-0.3, -0.25) is 0 Å². The number of rotatable bonds is 4. The van der Waals surface area contributed by atoms with E-state index >= 15 is 0 Å². The summed E-state index contributed by atoms with van der Waals surface area (Å²) in [6.07, 6.45) is 4.88. The fourth-order valence-electron chi connectivity index (χ4n) is 1.90. The quantitative estimate of drug-likeness (QED) is 0.703. The van der Waals surface area contributed by atoms with E-state index in [1.807, 2.05) is 0 Å². The summed E-state index contributed by atoms with van der Waals surface area (Å²) in [6, 6.07) is -0.327. The van der Waals surface area contributed by atoms with Crippen LogP contribution in [-0.4, -0.2) is 37.6 Å². The topological polar surface area (TPSA) is 58.4 Å². The van der Waals surface area contributed by atoms with Crippen LogP contribution < -0.4 is 11.1 Å². The van der Waals surface area contributed by atoms with Crippen molar-refractivity contribution in [2.45, 2.75) is 25.7 Å². The first-order valence-electron chi connectivity index (χ1n) is 5.41. The average molecular weight is 199 g/mol. The number of nitrogens with two attached hydrogens (primary N) is 1. The van der Waals surface area contributed by atoms with Crippen molar-refractivity contribution >= 4 is 6.03 Å². The number of urea groups is 1. The molecule has 1 heterocycles. The number of nitrogens with one attached hydrogen (secondary N) is 1. The second-order valence-corrected chi connectivity index (χ2v) is 4.11. The van der Waals surface area contributed by atoms with Crippen LogP contribution in [0.25, 0.3) is 0 Å². The number of hydrogen-bond donors (Lipinski definition) is 2. The number of amides is 2. The van der Waals surface area contributed by atoms with Gasteiger partial charge < -0.3 is 16.0 Å². The molecule has 0 aromatic rings. The smallest absolute Gasteiger partial charge is 0.314 e. The Morgan fingerprint density at radius 3 is 3.00 bits per heavy atom. The minimum absolute atomic E-state index is 0.327. The number of primary amides is 1. The molecule has 1 unspecified atom stereocenters. The fraction of sp³-hybridized carbons (Fsp3) is 0.900. The second kappa shape index (κ2) is 5.86. The van der Waals surface area contributed by atoms with E-state index in [2.05, 4.69) is 5.32 Å². The molecule has 1 aliphatic rings. The first-order chi connectivity index (χ1) is 6.70. The molecular formula is C10H21N3O. The van der Waals surface area contributed by atoms with Crippen molar-refractivity contribution < 1.29 is 4.79 Å². The van der Waals surface area contributed by atoms with E-state index in [0.29, 0.717) is 0 Å². The van der Waals surface area contributed by atoms with Gasteiger partial charge in [-0.25, -0.2) is 4.79 Å². The summed E-state index contributed by atoms with van der Waals surface area (Å²) >= 11 is 0. The van der Waals surface area contributed by atoms with Crippen molar-refractivity contribution in [3.05, 3.63) is 0 Å². The lowest BCUT2D eigenvalue weighted by molar-refractivity contribution is 0.215. The normalized spacial score (nSPS) is 21.9. The predicted molar refractivity (Wildman–Crippen MR) is 57.0 cm³/mol. The molecule has 1 aliphatic heterocycles. The maximum atomic E-state index is 10.7. The third-order valence-electron chi connectivity index (χ3n) is 2.88. The molecule has 4 nitrogen and oxygen atoms in total. The van der Waals surface area contributed by atoms with Gasteiger partial charge in [-0.05, 0) is 44.7 Å².